The zero-order chi connectivity index (χ0) is 21.8. The van der Waals surface area contributed by atoms with E-state index in [0.29, 0.717) is 18.0 Å². The van der Waals surface area contributed by atoms with Gasteiger partial charge >= 0.3 is 0 Å². The summed E-state index contributed by atoms with van der Waals surface area (Å²) in [5.41, 5.74) is 1.81. The van der Waals surface area contributed by atoms with Crippen molar-refractivity contribution >= 4 is 0 Å². The van der Waals surface area contributed by atoms with Crippen LogP contribution in [0.25, 0.3) is 11.1 Å². The third-order valence-corrected chi connectivity index (χ3v) is 6.40. The summed E-state index contributed by atoms with van der Waals surface area (Å²) in [6, 6.07) is 8.93. The number of rotatable bonds is 7. The Morgan fingerprint density at radius 1 is 1.13 bits per heavy atom. The number of aliphatic hydroxyl groups is 1. The molecule has 4 rings (SSSR count). The summed E-state index contributed by atoms with van der Waals surface area (Å²) in [5.74, 6) is 1.29. The molecule has 1 unspecified atom stereocenters. The predicted octanol–water partition coefficient (Wildman–Crippen LogP) is 2.45. The van der Waals surface area contributed by atoms with Crippen LogP contribution >= 0.6 is 0 Å². The number of pyridine rings is 1. The van der Waals surface area contributed by atoms with E-state index in [1.165, 1.54) is 6.42 Å². The molecule has 1 aromatic carbocycles. The molecule has 31 heavy (non-hydrogen) atoms. The van der Waals surface area contributed by atoms with Gasteiger partial charge in [0.2, 0.25) is 5.56 Å². The molecule has 3 heterocycles. The number of likely N-dealkylation sites (tertiary alicyclic amines) is 1. The fourth-order valence-corrected chi connectivity index (χ4v) is 4.54. The van der Waals surface area contributed by atoms with Crippen molar-refractivity contribution in [2.24, 2.45) is 7.05 Å². The first-order valence-electron chi connectivity index (χ1n) is 11.0. The van der Waals surface area contributed by atoms with Crippen LogP contribution in [0.5, 0.6) is 11.5 Å². The van der Waals surface area contributed by atoms with E-state index in [-0.39, 0.29) is 17.8 Å². The van der Waals surface area contributed by atoms with Gasteiger partial charge in [-0.25, -0.2) is 0 Å². The number of piperidine rings is 1. The molecule has 2 aliphatic heterocycles. The van der Waals surface area contributed by atoms with Crippen LogP contribution in [0.4, 0.5) is 0 Å². The van der Waals surface area contributed by atoms with Gasteiger partial charge in [0.15, 0.2) is 0 Å². The number of hydrogen-bond donors (Lipinski definition) is 1. The van der Waals surface area contributed by atoms with Crippen molar-refractivity contribution in [2.75, 3.05) is 40.0 Å². The molecule has 1 atom stereocenters. The van der Waals surface area contributed by atoms with E-state index in [4.69, 9.17) is 14.2 Å². The molecule has 0 saturated carbocycles. The Kier molecular flexibility index (Phi) is 6.65. The van der Waals surface area contributed by atoms with Gasteiger partial charge in [-0.3, -0.25) is 4.79 Å². The third kappa shape index (κ3) is 5.29. The number of β-amino-alcohol motifs (C(OH)–C–C–N with tert-alkyl or cyclic N) is 1. The van der Waals surface area contributed by atoms with Gasteiger partial charge in [0.1, 0.15) is 24.2 Å². The minimum absolute atomic E-state index is 0.0608. The molecule has 0 radical (unpaired) electrons. The molecule has 0 bridgehead atoms. The SMILES string of the molecule is COc1cc(OCC(O)CN2CCC3(CCCO3)CC2)cc(-c2ccc(=O)n(C)c2)c1. The highest BCUT2D eigenvalue weighted by molar-refractivity contribution is 5.66. The first-order chi connectivity index (χ1) is 15.0. The van der Waals surface area contributed by atoms with Gasteiger partial charge in [-0.15, -0.1) is 0 Å². The normalized spacial score (nSPS) is 19.5. The Labute approximate surface area is 183 Å². The molecular formula is C24H32N2O5. The molecule has 7 nitrogen and oxygen atoms in total. The quantitative estimate of drug-likeness (QED) is 0.730. The summed E-state index contributed by atoms with van der Waals surface area (Å²) in [4.78, 5) is 14.0. The maximum absolute atomic E-state index is 11.7. The van der Waals surface area contributed by atoms with Gasteiger partial charge < -0.3 is 28.8 Å². The highest BCUT2D eigenvalue weighted by Gasteiger charge is 2.38. The number of hydrogen-bond acceptors (Lipinski definition) is 6. The highest BCUT2D eigenvalue weighted by atomic mass is 16.5. The average molecular weight is 429 g/mol. The van der Waals surface area contributed by atoms with Crippen molar-refractivity contribution in [3.05, 3.63) is 46.9 Å². The van der Waals surface area contributed by atoms with Gasteiger partial charge in [-0.2, -0.15) is 0 Å². The molecule has 1 N–H and O–H groups in total. The Morgan fingerprint density at radius 2 is 1.90 bits per heavy atom. The largest absolute Gasteiger partial charge is 0.497 e. The lowest BCUT2D eigenvalue weighted by Crippen LogP contribution is -2.47. The minimum atomic E-state index is -0.578. The van der Waals surface area contributed by atoms with Crippen LogP contribution in [0.15, 0.2) is 41.3 Å². The molecule has 2 aliphatic rings. The fourth-order valence-electron chi connectivity index (χ4n) is 4.54. The Bertz CT molecular complexity index is 941. The Balaban J connectivity index is 1.35. The number of ether oxygens (including phenoxy) is 3. The molecule has 0 amide bonds. The van der Waals surface area contributed by atoms with Crippen molar-refractivity contribution in [1.82, 2.24) is 9.47 Å². The lowest BCUT2D eigenvalue weighted by atomic mass is 9.88. The van der Waals surface area contributed by atoms with Gasteiger partial charge in [-0.05, 0) is 55.0 Å². The molecular weight excluding hydrogens is 396 g/mol. The molecule has 1 spiro atoms. The molecule has 7 heteroatoms. The molecule has 0 aliphatic carbocycles. The van der Waals surface area contributed by atoms with E-state index in [2.05, 4.69) is 4.90 Å². The van der Waals surface area contributed by atoms with Crippen LogP contribution in [0.1, 0.15) is 25.7 Å². The van der Waals surface area contributed by atoms with E-state index in [0.717, 1.165) is 50.1 Å². The second kappa shape index (κ2) is 9.42. The number of aromatic nitrogens is 1. The maximum Gasteiger partial charge on any atom is 0.250 e. The van der Waals surface area contributed by atoms with Crippen molar-refractivity contribution in [1.29, 1.82) is 0 Å². The van der Waals surface area contributed by atoms with Crippen LogP contribution in [0.2, 0.25) is 0 Å². The van der Waals surface area contributed by atoms with Crippen LogP contribution in [0.3, 0.4) is 0 Å². The standard InChI is InChI=1S/C24H32N2O5/c1-25-15-18(4-5-23(25)28)19-12-21(29-2)14-22(13-19)30-17-20(27)16-26-9-7-24(8-10-26)6-3-11-31-24/h4-5,12-15,20,27H,3,6-11,16-17H2,1-2H3. The smallest absolute Gasteiger partial charge is 0.250 e. The molecule has 2 aromatic rings. The lowest BCUT2D eigenvalue weighted by molar-refractivity contribution is -0.0511. The summed E-state index contributed by atoms with van der Waals surface area (Å²) in [7, 11) is 3.33. The number of aliphatic hydroxyl groups excluding tert-OH is 1. The fraction of sp³-hybridized carbons (Fsp3) is 0.542. The average Bonchev–Trinajstić information content (AvgIpc) is 3.24. The number of aryl methyl sites for hydroxylation is 1. The minimum Gasteiger partial charge on any atom is -0.497 e. The number of methoxy groups -OCH3 is 1. The third-order valence-electron chi connectivity index (χ3n) is 6.40. The topological polar surface area (TPSA) is 73.2 Å². The Morgan fingerprint density at radius 3 is 2.58 bits per heavy atom. The van der Waals surface area contributed by atoms with Crippen LogP contribution < -0.4 is 15.0 Å². The van der Waals surface area contributed by atoms with Gasteiger partial charge in [0.05, 0.1) is 12.7 Å². The zero-order valence-corrected chi connectivity index (χ0v) is 18.4. The van der Waals surface area contributed by atoms with E-state index >= 15 is 0 Å². The van der Waals surface area contributed by atoms with E-state index < -0.39 is 6.10 Å². The highest BCUT2D eigenvalue weighted by Crippen LogP contribution is 2.35. The first-order valence-corrected chi connectivity index (χ1v) is 11.0. The maximum atomic E-state index is 11.7. The number of benzene rings is 1. The van der Waals surface area contributed by atoms with Crippen molar-refractivity contribution in [3.8, 4) is 22.6 Å². The van der Waals surface area contributed by atoms with Crippen molar-refractivity contribution in [3.63, 3.8) is 0 Å². The molecule has 1 aromatic heterocycles. The van der Waals surface area contributed by atoms with Crippen molar-refractivity contribution < 1.29 is 19.3 Å². The molecule has 168 valence electrons. The summed E-state index contributed by atoms with van der Waals surface area (Å²) >= 11 is 0. The molecule has 2 fully saturated rings. The van der Waals surface area contributed by atoms with Gasteiger partial charge in [-0.1, -0.05) is 0 Å². The summed E-state index contributed by atoms with van der Waals surface area (Å²) in [6.45, 7) is 3.59. The van der Waals surface area contributed by atoms with Crippen LogP contribution in [-0.4, -0.2) is 66.2 Å². The second-order valence-corrected chi connectivity index (χ2v) is 8.66. The summed E-state index contributed by atoms with van der Waals surface area (Å²) in [6.07, 6.45) is 5.62. The summed E-state index contributed by atoms with van der Waals surface area (Å²) < 4.78 is 18.8. The van der Waals surface area contributed by atoms with E-state index in [1.54, 1.807) is 43.1 Å². The first kappa shape index (κ1) is 21.9. The van der Waals surface area contributed by atoms with Gasteiger partial charge in [0.25, 0.3) is 0 Å². The van der Waals surface area contributed by atoms with Crippen molar-refractivity contribution in [2.45, 2.75) is 37.4 Å². The Hall–Kier alpha value is -2.35. The molecule has 2 saturated heterocycles. The summed E-state index contributed by atoms with van der Waals surface area (Å²) in [5, 5.41) is 10.5. The van der Waals surface area contributed by atoms with E-state index in [1.807, 2.05) is 12.1 Å². The van der Waals surface area contributed by atoms with Crippen LogP contribution in [0, 0.1) is 0 Å². The van der Waals surface area contributed by atoms with Gasteiger partial charge in [0, 0.05) is 51.6 Å². The zero-order valence-electron chi connectivity index (χ0n) is 18.4. The monoisotopic (exact) mass is 428 g/mol. The number of nitrogens with zero attached hydrogens (tertiary/aromatic N) is 2. The lowest BCUT2D eigenvalue weighted by Gasteiger charge is -2.39. The van der Waals surface area contributed by atoms with E-state index in [9.17, 15) is 9.90 Å². The second-order valence-electron chi connectivity index (χ2n) is 8.66. The predicted molar refractivity (Wildman–Crippen MR) is 119 cm³/mol. The van der Waals surface area contributed by atoms with Crippen LogP contribution in [-0.2, 0) is 11.8 Å².